The van der Waals surface area contributed by atoms with Crippen molar-refractivity contribution in [2.24, 2.45) is 0 Å². The molecule has 0 saturated carbocycles. The summed E-state index contributed by atoms with van der Waals surface area (Å²) in [5.74, 6) is -0.447. The molecule has 0 unspecified atom stereocenters. The average molecular weight is 200 g/mol. The van der Waals surface area contributed by atoms with Crippen molar-refractivity contribution in [2.75, 3.05) is 33.5 Å². The number of hydrogen-bond acceptors (Lipinski definition) is 4. The zero-order valence-electron chi connectivity index (χ0n) is 8.45. The minimum atomic E-state index is -0.447. The lowest BCUT2D eigenvalue weighted by molar-refractivity contribution is -0.136. The normalized spacial score (nSPS) is 9.50. The van der Waals surface area contributed by atoms with Gasteiger partial charge in [0, 0.05) is 0 Å². The highest BCUT2D eigenvalue weighted by atomic mass is 16.5. The number of ether oxygens (including phenoxy) is 3. The molecule has 0 fully saturated rings. The molecular weight excluding hydrogens is 184 g/mol. The van der Waals surface area contributed by atoms with Crippen molar-refractivity contribution in [3.63, 3.8) is 0 Å². The number of esters is 1. The number of rotatable bonds is 8. The molecule has 80 valence electrons. The predicted molar refractivity (Wildman–Crippen MR) is 53.0 cm³/mol. The molecule has 0 N–H and O–H groups in total. The number of hydrogen-bond donors (Lipinski definition) is 0. The van der Waals surface area contributed by atoms with Crippen LogP contribution in [0, 0.1) is 0 Å². The van der Waals surface area contributed by atoms with Crippen molar-refractivity contribution in [1.29, 1.82) is 0 Å². The van der Waals surface area contributed by atoms with E-state index in [2.05, 4.69) is 17.9 Å². The minimum Gasteiger partial charge on any atom is -0.466 e. The van der Waals surface area contributed by atoms with Gasteiger partial charge in [-0.2, -0.15) is 0 Å². The Balaban J connectivity index is 3.31. The van der Waals surface area contributed by atoms with Crippen molar-refractivity contribution < 1.29 is 19.0 Å². The lowest BCUT2D eigenvalue weighted by Crippen LogP contribution is -2.12. The summed E-state index contributed by atoms with van der Waals surface area (Å²) in [5, 5.41) is 0. The summed E-state index contributed by atoms with van der Waals surface area (Å²) in [6, 6.07) is 0. The van der Waals surface area contributed by atoms with Crippen LogP contribution in [0.15, 0.2) is 24.8 Å². The molecule has 14 heavy (non-hydrogen) atoms. The summed E-state index contributed by atoms with van der Waals surface area (Å²) in [7, 11) is 1.31. The molecule has 0 aromatic carbocycles. The SMILES string of the molecule is C=CCOCCOCC(=C)C(=O)OC. The maximum Gasteiger partial charge on any atom is 0.335 e. The Morgan fingerprint density at radius 1 is 1.36 bits per heavy atom. The zero-order chi connectivity index (χ0) is 10.8. The molecule has 0 saturated heterocycles. The molecule has 0 aromatic heterocycles. The Kier molecular flexibility index (Phi) is 7.78. The van der Waals surface area contributed by atoms with Crippen LogP contribution >= 0.6 is 0 Å². The standard InChI is InChI=1S/C10H16O4/c1-4-5-13-6-7-14-8-9(2)10(11)12-3/h4H,1-2,5-8H2,3H3. The van der Waals surface area contributed by atoms with Crippen LogP contribution in [0.25, 0.3) is 0 Å². The van der Waals surface area contributed by atoms with Gasteiger partial charge in [-0.05, 0) is 0 Å². The second-order valence-electron chi connectivity index (χ2n) is 2.51. The van der Waals surface area contributed by atoms with E-state index in [9.17, 15) is 4.79 Å². The third-order valence-electron chi connectivity index (χ3n) is 1.36. The van der Waals surface area contributed by atoms with Crippen molar-refractivity contribution >= 4 is 5.97 Å². The molecule has 0 bridgehead atoms. The molecule has 0 aliphatic rings. The summed E-state index contributed by atoms with van der Waals surface area (Å²) in [4.78, 5) is 10.8. The highest BCUT2D eigenvalue weighted by molar-refractivity contribution is 5.87. The predicted octanol–water partition coefficient (Wildman–Crippen LogP) is 0.935. The molecule has 4 heteroatoms. The summed E-state index contributed by atoms with van der Waals surface area (Å²) < 4.78 is 14.6. The first-order valence-corrected chi connectivity index (χ1v) is 4.24. The first kappa shape index (κ1) is 12.9. The van der Waals surface area contributed by atoms with E-state index in [-0.39, 0.29) is 6.61 Å². The monoisotopic (exact) mass is 200 g/mol. The zero-order valence-corrected chi connectivity index (χ0v) is 8.45. The number of carbonyl (C=O) groups is 1. The van der Waals surface area contributed by atoms with E-state index in [1.807, 2.05) is 0 Å². The second-order valence-corrected chi connectivity index (χ2v) is 2.51. The lowest BCUT2D eigenvalue weighted by atomic mass is 10.3. The van der Waals surface area contributed by atoms with Gasteiger partial charge < -0.3 is 14.2 Å². The Morgan fingerprint density at radius 3 is 2.57 bits per heavy atom. The molecule has 0 aromatic rings. The van der Waals surface area contributed by atoms with Gasteiger partial charge in [-0.3, -0.25) is 0 Å². The van der Waals surface area contributed by atoms with Crippen molar-refractivity contribution in [3.05, 3.63) is 24.8 Å². The molecule has 0 atom stereocenters. The van der Waals surface area contributed by atoms with Crippen LogP contribution in [0.3, 0.4) is 0 Å². The first-order chi connectivity index (χ1) is 6.72. The first-order valence-electron chi connectivity index (χ1n) is 4.24. The van der Waals surface area contributed by atoms with E-state index in [1.165, 1.54) is 7.11 Å². The third kappa shape index (κ3) is 6.39. The van der Waals surface area contributed by atoms with Crippen LogP contribution in [-0.2, 0) is 19.0 Å². The van der Waals surface area contributed by atoms with Gasteiger partial charge in [-0.1, -0.05) is 12.7 Å². The Morgan fingerprint density at radius 2 is 2.00 bits per heavy atom. The van der Waals surface area contributed by atoms with Crippen LogP contribution in [0.1, 0.15) is 0 Å². The van der Waals surface area contributed by atoms with Crippen LogP contribution in [0.2, 0.25) is 0 Å². The molecule has 0 heterocycles. The fourth-order valence-electron chi connectivity index (χ4n) is 0.683. The Labute approximate surface area is 84.1 Å². The van der Waals surface area contributed by atoms with Crippen molar-refractivity contribution in [2.45, 2.75) is 0 Å². The van der Waals surface area contributed by atoms with Crippen LogP contribution in [-0.4, -0.2) is 39.5 Å². The van der Waals surface area contributed by atoms with Crippen LogP contribution < -0.4 is 0 Å². The topological polar surface area (TPSA) is 44.8 Å². The highest BCUT2D eigenvalue weighted by Gasteiger charge is 2.05. The largest absolute Gasteiger partial charge is 0.466 e. The molecule has 0 radical (unpaired) electrons. The molecular formula is C10H16O4. The smallest absolute Gasteiger partial charge is 0.335 e. The van der Waals surface area contributed by atoms with Gasteiger partial charge in [-0.25, -0.2) is 4.79 Å². The van der Waals surface area contributed by atoms with E-state index >= 15 is 0 Å². The van der Waals surface area contributed by atoms with Gasteiger partial charge in [0.2, 0.25) is 0 Å². The molecule has 0 aliphatic heterocycles. The second kappa shape index (κ2) is 8.47. The highest BCUT2D eigenvalue weighted by Crippen LogP contribution is 1.94. The molecule has 4 nitrogen and oxygen atoms in total. The third-order valence-corrected chi connectivity index (χ3v) is 1.36. The van der Waals surface area contributed by atoms with E-state index in [0.29, 0.717) is 25.4 Å². The average Bonchev–Trinajstić information content (AvgIpc) is 2.21. The van der Waals surface area contributed by atoms with Crippen LogP contribution in [0.4, 0.5) is 0 Å². The summed E-state index contributed by atoms with van der Waals surface area (Å²) >= 11 is 0. The molecule has 0 rings (SSSR count). The van der Waals surface area contributed by atoms with Gasteiger partial charge in [0.05, 0.1) is 39.1 Å². The quantitative estimate of drug-likeness (QED) is 0.253. The fraction of sp³-hybridized carbons (Fsp3) is 0.500. The summed E-state index contributed by atoms with van der Waals surface area (Å²) in [5.41, 5.74) is 0.302. The van der Waals surface area contributed by atoms with Crippen LogP contribution in [0.5, 0.6) is 0 Å². The van der Waals surface area contributed by atoms with Gasteiger partial charge in [-0.15, -0.1) is 6.58 Å². The van der Waals surface area contributed by atoms with Gasteiger partial charge in [0.25, 0.3) is 0 Å². The minimum absolute atomic E-state index is 0.171. The maximum absolute atomic E-state index is 10.8. The van der Waals surface area contributed by atoms with E-state index in [0.717, 1.165) is 0 Å². The van der Waals surface area contributed by atoms with E-state index in [1.54, 1.807) is 6.08 Å². The van der Waals surface area contributed by atoms with Gasteiger partial charge in [0.1, 0.15) is 0 Å². The van der Waals surface area contributed by atoms with Crippen molar-refractivity contribution in [3.8, 4) is 0 Å². The van der Waals surface area contributed by atoms with E-state index in [4.69, 9.17) is 9.47 Å². The van der Waals surface area contributed by atoms with Gasteiger partial charge >= 0.3 is 5.97 Å². The summed E-state index contributed by atoms with van der Waals surface area (Å²) in [6.07, 6.45) is 1.66. The number of methoxy groups -OCH3 is 1. The van der Waals surface area contributed by atoms with Gasteiger partial charge in [0.15, 0.2) is 0 Å². The maximum atomic E-state index is 10.8. The van der Waals surface area contributed by atoms with Crippen molar-refractivity contribution in [1.82, 2.24) is 0 Å². The summed E-state index contributed by atoms with van der Waals surface area (Å²) in [6.45, 7) is 8.57. The molecule has 0 amide bonds. The fourth-order valence-corrected chi connectivity index (χ4v) is 0.683. The molecule has 0 spiro atoms. The Bertz CT molecular complexity index is 198. The molecule has 0 aliphatic carbocycles. The Hall–Kier alpha value is -1.13. The lowest BCUT2D eigenvalue weighted by Gasteiger charge is -2.05. The number of carbonyl (C=O) groups excluding carboxylic acids is 1. The van der Waals surface area contributed by atoms with E-state index < -0.39 is 5.97 Å².